The fourth-order valence-electron chi connectivity index (χ4n) is 2.09. The van der Waals surface area contributed by atoms with E-state index in [4.69, 9.17) is 11.6 Å². The SMILES string of the molecule is Cn1cc(CC(CCl)Cc2cccc(Br)c2)cn1. The Hall–Kier alpha value is -0.800. The Morgan fingerprint density at radius 1 is 1.33 bits per heavy atom. The van der Waals surface area contributed by atoms with Crippen LogP contribution >= 0.6 is 27.5 Å². The third-order valence-electron chi connectivity index (χ3n) is 2.91. The number of aromatic nitrogens is 2. The second-order valence-electron chi connectivity index (χ2n) is 4.58. The third-order valence-corrected chi connectivity index (χ3v) is 3.84. The minimum atomic E-state index is 0.449. The van der Waals surface area contributed by atoms with Gasteiger partial charge in [-0.3, -0.25) is 4.68 Å². The molecule has 1 aromatic heterocycles. The number of hydrogen-bond acceptors (Lipinski definition) is 1. The van der Waals surface area contributed by atoms with Crippen LogP contribution in [-0.2, 0) is 19.9 Å². The average molecular weight is 328 g/mol. The summed E-state index contributed by atoms with van der Waals surface area (Å²) in [7, 11) is 1.94. The van der Waals surface area contributed by atoms with Gasteiger partial charge in [0.15, 0.2) is 0 Å². The highest BCUT2D eigenvalue weighted by Gasteiger charge is 2.11. The fraction of sp³-hybridized carbons (Fsp3) is 0.357. The van der Waals surface area contributed by atoms with Gasteiger partial charge in [-0.25, -0.2) is 0 Å². The van der Waals surface area contributed by atoms with Crippen LogP contribution in [-0.4, -0.2) is 15.7 Å². The molecule has 96 valence electrons. The minimum Gasteiger partial charge on any atom is -0.276 e. The molecule has 0 N–H and O–H groups in total. The molecule has 0 amide bonds. The second-order valence-corrected chi connectivity index (χ2v) is 5.81. The van der Waals surface area contributed by atoms with Crippen LogP contribution in [0.4, 0.5) is 0 Å². The molecule has 2 nitrogen and oxygen atoms in total. The first kappa shape index (κ1) is 13.6. The summed E-state index contributed by atoms with van der Waals surface area (Å²) in [5.41, 5.74) is 2.57. The van der Waals surface area contributed by atoms with Crippen molar-refractivity contribution >= 4 is 27.5 Å². The van der Waals surface area contributed by atoms with E-state index in [1.165, 1.54) is 11.1 Å². The Morgan fingerprint density at radius 2 is 2.11 bits per heavy atom. The molecule has 0 saturated carbocycles. The van der Waals surface area contributed by atoms with Crippen LogP contribution in [0.3, 0.4) is 0 Å². The van der Waals surface area contributed by atoms with Gasteiger partial charge in [-0.1, -0.05) is 28.1 Å². The Kier molecular flexibility index (Phi) is 4.84. The van der Waals surface area contributed by atoms with Gasteiger partial charge < -0.3 is 0 Å². The van der Waals surface area contributed by atoms with Crippen LogP contribution in [0.5, 0.6) is 0 Å². The smallest absolute Gasteiger partial charge is 0.0521 e. The van der Waals surface area contributed by atoms with E-state index >= 15 is 0 Å². The van der Waals surface area contributed by atoms with Crippen LogP contribution in [0.2, 0.25) is 0 Å². The number of nitrogens with zero attached hydrogens (tertiary/aromatic N) is 2. The van der Waals surface area contributed by atoms with E-state index in [-0.39, 0.29) is 0 Å². The molecular formula is C14H16BrClN2. The Balaban J connectivity index is 2.01. The predicted molar refractivity (Wildman–Crippen MR) is 79.0 cm³/mol. The summed E-state index contributed by atoms with van der Waals surface area (Å²) >= 11 is 9.57. The molecule has 0 fully saturated rings. The van der Waals surface area contributed by atoms with Gasteiger partial charge in [0.25, 0.3) is 0 Å². The first-order valence-corrected chi connectivity index (χ1v) is 7.28. The van der Waals surface area contributed by atoms with Crippen LogP contribution in [0.15, 0.2) is 41.1 Å². The van der Waals surface area contributed by atoms with Crippen molar-refractivity contribution in [2.75, 3.05) is 5.88 Å². The fourth-order valence-corrected chi connectivity index (χ4v) is 2.75. The molecule has 0 aliphatic carbocycles. The second kappa shape index (κ2) is 6.39. The maximum Gasteiger partial charge on any atom is 0.0521 e. The van der Waals surface area contributed by atoms with Gasteiger partial charge in [-0.15, -0.1) is 11.6 Å². The van der Waals surface area contributed by atoms with Crippen molar-refractivity contribution in [1.82, 2.24) is 9.78 Å². The Morgan fingerprint density at radius 3 is 2.72 bits per heavy atom. The third kappa shape index (κ3) is 3.85. The van der Waals surface area contributed by atoms with Crippen LogP contribution in [0, 0.1) is 5.92 Å². The van der Waals surface area contributed by atoms with Gasteiger partial charge in [0.2, 0.25) is 0 Å². The number of benzene rings is 1. The standard InChI is InChI=1S/C14H16BrClN2/c1-18-10-13(9-17-18)6-12(8-16)5-11-3-2-4-14(15)7-11/h2-4,7,9-10,12H,5-6,8H2,1H3. The van der Waals surface area contributed by atoms with Crippen molar-refractivity contribution in [1.29, 1.82) is 0 Å². The van der Waals surface area contributed by atoms with Crippen LogP contribution < -0.4 is 0 Å². The molecule has 0 aliphatic rings. The highest BCUT2D eigenvalue weighted by atomic mass is 79.9. The van der Waals surface area contributed by atoms with E-state index in [1.54, 1.807) is 0 Å². The highest BCUT2D eigenvalue weighted by Crippen LogP contribution is 2.18. The zero-order chi connectivity index (χ0) is 13.0. The summed E-state index contributed by atoms with van der Waals surface area (Å²) in [6, 6.07) is 8.41. The number of alkyl halides is 1. The first-order chi connectivity index (χ1) is 8.67. The lowest BCUT2D eigenvalue weighted by Gasteiger charge is -2.13. The zero-order valence-corrected chi connectivity index (χ0v) is 12.7. The Labute approximate surface area is 121 Å². The van der Waals surface area contributed by atoms with Crippen LogP contribution in [0.1, 0.15) is 11.1 Å². The summed E-state index contributed by atoms with van der Waals surface area (Å²) in [5, 5.41) is 4.19. The van der Waals surface area contributed by atoms with E-state index in [9.17, 15) is 0 Å². The maximum atomic E-state index is 6.08. The highest BCUT2D eigenvalue weighted by molar-refractivity contribution is 9.10. The summed E-state index contributed by atoms with van der Waals surface area (Å²) in [6.45, 7) is 0. The predicted octanol–water partition coefficient (Wildman–Crippen LogP) is 3.82. The largest absolute Gasteiger partial charge is 0.276 e. The van der Waals surface area contributed by atoms with Crippen molar-refractivity contribution in [2.24, 2.45) is 13.0 Å². The van der Waals surface area contributed by atoms with Gasteiger partial charge in [-0.2, -0.15) is 5.10 Å². The maximum absolute atomic E-state index is 6.08. The molecule has 0 spiro atoms. The molecule has 1 atom stereocenters. The molecular weight excluding hydrogens is 312 g/mol. The van der Waals surface area contributed by atoms with Gasteiger partial charge >= 0.3 is 0 Å². The van der Waals surface area contributed by atoms with Gasteiger partial charge in [0.05, 0.1) is 6.20 Å². The molecule has 4 heteroatoms. The normalized spacial score (nSPS) is 12.6. The van der Waals surface area contributed by atoms with Gasteiger partial charge in [0.1, 0.15) is 0 Å². The molecule has 1 heterocycles. The monoisotopic (exact) mass is 326 g/mol. The average Bonchev–Trinajstić information content (AvgIpc) is 2.74. The van der Waals surface area contributed by atoms with Gasteiger partial charge in [0, 0.05) is 23.6 Å². The molecule has 2 aromatic rings. The first-order valence-electron chi connectivity index (χ1n) is 5.95. The summed E-state index contributed by atoms with van der Waals surface area (Å²) in [4.78, 5) is 0. The number of halogens is 2. The quantitative estimate of drug-likeness (QED) is 0.763. The van der Waals surface area contributed by atoms with E-state index in [1.807, 2.05) is 24.0 Å². The molecule has 0 radical (unpaired) electrons. The number of rotatable bonds is 5. The molecule has 0 bridgehead atoms. The van der Waals surface area contributed by atoms with E-state index in [0.717, 1.165) is 17.3 Å². The molecule has 1 unspecified atom stereocenters. The lowest BCUT2D eigenvalue weighted by Crippen LogP contribution is -2.09. The van der Waals surface area contributed by atoms with Crippen molar-refractivity contribution in [3.8, 4) is 0 Å². The summed E-state index contributed by atoms with van der Waals surface area (Å²) in [6.07, 6.45) is 5.95. The van der Waals surface area contributed by atoms with Crippen molar-refractivity contribution in [2.45, 2.75) is 12.8 Å². The van der Waals surface area contributed by atoms with Gasteiger partial charge in [-0.05, 0) is 42.0 Å². The Bertz CT molecular complexity index is 510. The molecule has 2 rings (SSSR count). The van der Waals surface area contributed by atoms with E-state index in [2.05, 4.69) is 45.4 Å². The van der Waals surface area contributed by atoms with Crippen molar-refractivity contribution in [3.63, 3.8) is 0 Å². The van der Waals surface area contributed by atoms with E-state index < -0.39 is 0 Å². The molecule has 1 aromatic carbocycles. The molecule has 0 aliphatic heterocycles. The lowest BCUT2D eigenvalue weighted by atomic mass is 9.95. The molecule has 0 saturated heterocycles. The van der Waals surface area contributed by atoms with E-state index in [0.29, 0.717) is 11.8 Å². The molecule has 18 heavy (non-hydrogen) atoms. The minimum absolute atomic E-state index is 0.449. The van der Waals surface area contributed by atoms with Crippen molar-refractivity contribution < 1.29 is 0 Å². The number of hydrogen-bond donors (Lipinski definition) is 0. The topological polar surface area (TPSA) is 17.8 Å². The zero-order valence-electron chi connectivity index (χ0n) is 10.3. The van der Waals surface area contributed by atoms with Crippen molar-refractivity contribution in [3.05, 3.63) is 52.3 Å². The summed E-state index contributed by atoms with van der Waals surface area (Å²) in [5.74, 6) is 1.12. The lowest BCUT2D eigenvalue weighted by molar-refractivity contribution is 0.583. The van der Waals surface area contributed by atoms with Crippen LogP contribution in [0.25, 0.3) is 0 Å². The number of aryl methyl sites for hydroxylation is 1. The summed E-state index contributed by atoms with van der Waals surface area (Å²) < 4.78 is 2.95.